The Hall–Kier alpha value is -14.4. The zero-order valence-corrected chi connectivity index (χ0v) is 61.6. The topological polar surface area (TPSA) is 6.48 Å². The predicted molar refractivity (Wildman–Crippen MR) is 470 cm³/mol. The maximum absolute atomic E-state index is 2.53. The average Bonchev–Trinajstić information content (AvgIpc) is 1.54. The summed E-state index contributed by atoms with van der Waals surface area (Å²) < 4.78 is 0. The van der Waals surface area contributed by atoms with E-state index in [2.05, 4.69) is 459 Å². The number of benzene rings is 19. The van der Waals surface area contributed by atoms with Gasteiger partial charge in [0.1, 0.15) is 0 Å². The molecule has 0 spiro atoms. The Morgan fingerprint density at radius 3 is 1.12 bits per heavy atom. The molecule has 1 unspecified atom stereocenters. The summed E-state index contributed by atoms with van der Waals surface area (Å²) in [5.41, 5.74) is 31.1. The number of rotatable bonds is 15. The molecule has 0 bridgehead atoms. The van der Waals surface area contributed by atoms with Crippen LogP contribution in [0.25, 0.3) is 110 Å². The summed E-state index contributed by atoms with van der Waals surface area (Å²) in [6, 6.07) is 168. The second-order valence-corrected chi connectivity index (χ2v) is 29.7. The van der Waals surface area contributed by atoms with E-state index < -0.39 is 10.8 Å². The van der Waals surface area contributed by atoms with Crippen LogP contribution in [0.15, 0.2) is 449 Å². The van der Waals surface area contributed by atoms with E-state index in [1.807, 2.05) is 0 Å². The van der Waals surface area contributed by atoms with E-state index in [0.717, 1.165) is 73.1 Å². The number of hydrogen-bond acceptors (Lipinski definition) is 2. The molecule has 1 atom stereocenters. The van der Waals surface area contributed by atoms with Gasteiger partial charge < -0.3 is 9.80 Å². The molecule has 0 radical (unpaired) electrons. The SMILES string of the molecule is c1ccc(N(c2cc(-c3cccc(-c4ccc5c(ccc6ccccc65)c4)c3)cc(-c3cccc(C4(c5ccccc5)c5ccccc5-c5c(N(c6ccccc6)c6ccccc6-c6ccc(-c7cccc8ccccc78)cc6)cccc54)c3)c2)c2cccc3c2-c2ccccc2C3(c2ccccc2)c2ccccc2)cc1. The number of hydrogen-bond donors (Lipinski definition) is 0. The predicted octanol–water partition coefficient (Wildman–Crippen LogP) is 29.1. The fraction of sp³-hybridized carbons (Fsp3) is 0.0182. The number of nitrogens with zero attached hydrogens (tertiary/aromatic N) is 2. The van der Waals surface area contributed by atoms with Gasteiger partial charge >= 0.3 is 0 Å². The van der Waals surface area contributed by atoms with Gasteiger partial charge in [-0.15, -0.1) is 0 Å². The molecule has 2 aliphatic rings. The van der Waals surface area contributed by atoms with Crippen LogP contribution >= 0.6 is 0 Å². The van der Waals surface area contributed by atoms with Crippen LogP contribution in [-0.2, 0) is 10.8 Å². The second-order valence-electron chi connectivity index (χ2n) is 29.7. The van der Waals surface area contributed by atoms with Crippen LogP contribution in [0.1, 0.15) is 44.5 Å². The molecule has 112 heavy (non-hydrogen) atoms. The van der Waals surface area contributed by atoms with Crippen molar-refractivity contribution in [3.05, 3.63) is 493 Å². The Bertz CT molecular complexity index is 6760. The highest BCUT2D eigenvalue weighted by atomic mass is 15.2. The van der Waals surface area contributed by atoms with Crippen LogP contribution < -0.4 is 9.80 Å². The Kier molecular flexibility index (Phi) is 16.1. The average molecular weight is 1420 g/mol. The summed E-state index contributed by atoms with van der Waals surface area (Å²) in [7, 11) is 0. The molecular weight excluding hydrogens is 1350 g/mol. The van der Waals surface area contributed by atoms with E-state index in [-0.39, 0.29) is 0 Å². The van der Waals surface area contributed by atoms with Gasteiger partial charge in [0.15, 0.2) is 0 Å². The molecule has 2 aliphatic carbocycles. The minimum atomic E-state index is -0.780. The number of fused-ring (bicyclic) bond motifs is 10. The van der Waals surface area contributed by atoms with Crippen molar-refractivity contribution in [3.63, 3.8) is 0 Å². The monoisotopic (exact) mass is 1420 g/mol. The first kappa shape index (κ1) is 65.8. The molecule has 0 aliphatic heterocycles. The van der Waals surface area contributed by atoms with E-state index in [1.165, 1.54) is 116 Å². The zero-order valence-electron chi connectivity index (χ0n) is 61.6. The minimum Gasteiger partial charge on any atom is -0.310 e. The van der Waals surface area contributed by atoms with Crippen LogP contribution in [0.3, 0.4) is 0 Å². The van der Waals surface area contributed by atoms with Gasteiger partial charge in [0.05, 0.1) is 27.9 Å². The molecule has 2 heteroatoms. The lowest BCUT2D eigenvalue weighted by Crippen LogP contribution is -2.28. The van der Waals surface area contributed by atoms with Crippen molar-refractivity contribution in [1.82, 2.24) is 0 Å². The number of para-hydroxylation sites is 3. The highest BCUT2D eigenvalue weighted by molar-refractivity contribution is 6.09. The van der Waals surface area contributed by atoms with E-state index in [0.29, 0.717) is 0 Å². The minimum absolute atomic E-state index is 0.611. The van der Waals surface area contributed by atoms with Gasteiger partial charge in [-0.1, -0.05) is 370 Å². The molecule has 2 nitrogen and oxygen atoms in total. The van der Waals surface area contributed by atoms with Crippen LogP contribution in [-0.4, -0.2) is 0 Å². The van der Waals surface area contributed by atoms with Gasteiger partial charge in [0.25, 0.3) is 0 Å². The molecule has 21 rings (SSSR count). The van der Waals surface area contributed by atoms with E-state index >= 15 is 0 Å². The van der Waals surface area contributed by atoms with Crippen LogP contribution in [0, 0.1) is 0 Å². The normalized spacial score (nSPS) is 13.6. The Labute approximate surface area is 654 Å². The summed E-state index contributed by atoms with van der Waals surface area (Å²) in [5, 5.41) is 7.46. The smallest absolute Gasteiger partial charge is 0.0714 e. The summed E-state index contributed by atoms with van der Waals surface area (Å²) in [4.78, 5) is 5.04. The molecule has 0 saturated heterocycles. The first-order valence-electron chi connectivity index (χ1n) is 38.9. The van der Waals surface area contributed by atoms with E-state index in [9.17, 15) is 0 Å². The largest absolute Gasteiger partial charge is 0.310 e. The third-order valence-electron chi connectivity index (χ3n) is 23.7. The van der Waals surface area contributed by atoms with Gasteiger partial charge in [-0.05, 0) is 217 Å². The molecule has 0 amide bonds. The highest BCUT2D eigenvalue weighted by Gasteiger charge is 2.49. The van der Waals surface area contributed by atoms with Crippen molar-refractivity contribution >= 4 is 66.4 Å². The lowest BCUT2D eigenvalue weighted by Gasteiger charge is -2.35. The van der Waals surface area contributed by atoms with Crippen molar-refractivity contribution in [2.75, 3.05) is 9.80 Å². The van der Waals surface area contributed by atoms with Crippen molar-refractivity contribution in [2.24, 2.45) is 0 Å². The van der Waals surface area contributed by atoms with Crippen molar-refractivity contribution in [2.45, 2.75) is 10.8 Å². The van der Waals surface area contributed by atoms with Gasteiger partial charge in [-0.2, -0.15) is 0 Å². The molecule has 0 saturated carbocycles. The molecule has 0 aromatic heterocycles. The van der Waals surface area contributed by atoms with E-state index in [1.54, 1.807) is 0 Å². The summed E-state index contributed by atoms with van der Waals surface area (Å²) in [6.45, 7) is 0. The quantitative estimate of drug-likeness (QED) is 0.0944. The molecule has 0 N–H and O–H groups in total. The molecular formula is C110H74N2. The van der Waals surface area contributed by atoms with E-state index in [4.69, 9.17) is 0 Å². The summed E-state index contributed by atoms with van der Waals surface area (Å²) >= 11 is 0. The summed E-state index contributed by atoms with van der Waals surface area (Å²) in [5.74, 6) is 0. The van der Waals surface area contributed by atoms with Crippen LogP contribution in [0.2, 0.25) is 0 Å². The fourth-order valence-electron chi connectivity index (χ4n) is 18.9. The third-order valence-corrected chi connectivity index (χ3v) is 23.7. The molecule has 19 aromatic carbocycles. The molecule has 0 heterocycles. The van der Waals surface area contributed by atoms with Crippen molar-refractivity contribution < 1.29 is 0 Å². The standard InChI is InChI=1S/C110H74N2/c1-6-37-86(38-7-1)109(87-39-8-2-9-40-87)100-54-23-20-51-98(100)107-102(109)56-29-59-105(107)111(90-44-12-4-13-45-90)92-73-84(80-35-26-34-79(69-80)82-67-68-96-83(70-82)66-65-76-32-17-19-49-94(76)96)71-85(74-92)81-36-27-43-89(72-81)110(88-41-10-3-11-42-88)101-55-24-21-52-99(101)108-103(110)57-30-60-106(108)112(91-46-14-5-15-47-91)104-58-25-22-50-97(104)78-63-61-77(62-64-78)95-53-28-33-75-31-16-18-48-93(75)95/h1-74H. The number of anilines is 6. The Balaban J connectivity index is 0.768. The molecule has 0 fully saturated rings. The highest BCUT2D eigenvalue weighted by Crippen LogP contribution is 2.62. The lowest BCUT2D eigenvalue weighted by atomic mass is 9.67. The van der Waals surface area contributed by atoms with Crippen LogP contribution in [0.4, 0.5) is 34.1 Å². The fourth-order valence-corrected chi connectivity index (χ4v) is 18.9. The maximum atomic E-state index is 2.53. The van der Waals surface area contributed by atoms with Crippen molar-refractivity contribution in [3.8, 4) is 77.9 Å². The van der Waals surface area contributed by atoms with Crippen LogP contribution in [0.5, 0.6) is 0 Å². The van der Waals surface area contributed by atoms with Gasteiger partial charge in [0, 0.05) is 33.8 Å². The Morgan fingerprint density at radius 2 is 0.518 bits per heavy atom. The zero-order chi connectivity index (χ0) is 74.1. The third kappa shape index (κ3) is 10.7. The Morgan fingerprint density at radius 1 is 0.161 bits per heavy atom. The first-order chi connectivity index (χ1) is 55.6. The maximum Gasteiger partial charge on any atom is 0.0714 e. The lowest BCUT2D eigenvalue weighted by molar-refractivity contribution is 0.768. The second kappa shape index (κ2) is 27.3. The summed E-state index contributed by atoms with van der Waals surface area (Å²) in [6.07, 6.45) is 0. The van der Waals surface area contributed by atoms with Crippen molar-refractivity contribution in [1.29, 1.82) is 0 Å². The van der Waals surface area contributed by atoms with Gasteiger partial charge in [-0.3, -0.25) is 0 Å². The van der Waals surface area contributed by atoms with Gasteiger partial charge in [0.2, 0.25) is 0 Å². The molecule has 19 aromatic rings. The first-order valence-corrected chi connectivity index (χ1v) is 38.9. The van der Waals surface area contributed by atoms with Gasteiger partial charge in [-0.25, -0.2) is 0 Å². The molecule has 524 valence electrons.